The number of hydrogen-bond donors (Lipinski definition) is 0. The molecule has 0 radical (unpaired) electrons. The maximum absolute atomic E-state index is 10.4. The highest BCUT2D eigenvalue weighted by atomic mass is 16.5. The van der Waals surface area contributed by atoms with Crippen LogP contribution >= 0.6 is 0 Å². The molecular weight excluding hydrogens is 152 g/mol. The Kier molecular flexibility index (Phi) is 4.12. The average Bonchev–Trinajstić information content (AvgIpc) is 2.49. The Morgan fingerprint density at radius 3 is 2.67 bits per heavy atom. The molecule has 12 heavy (non-hydrogen) atoms. The van der Waals surface area contributed by atoms with Crippen molar-refractivity contribution >= 4 is 5.97 Å². The summed E-state index contributed by atoms with van der Waals surface area (Å²) in [5, 5.41) is 0. The van der Waals surface area contributed by atoms with E-state index in [4.69, 9.17) is 4.74 Å². The summed E-state index contributed by atoms with van der Waals surface area (Å²) in [6.45, 7) is 2.08. The van der Waals surface area contributed by atoms with Gasteiger partial charge in [-0.3, -0.25) is 4.79 Å². The molecule has 1 rings (SSSR count). The standard InChI is InChI=1S/C10H18O2/c1-9(11)12-8-4-7-10-5-2-3-6-10/h10H,2-8H2,1H3. The Labute approximate surface area is 74.3 Å². The molecule has 0 atom stereocenters. The summed E-state index contributed by atoms with van der Waals surface area (Å²) in [4.78, 5) is 10.4. The number of hydrogen-bond acceptors (Lipinski definition) is 2. The molecule has 1 aliphatic carbocycles. The van der Waals surface area contributed by atoms with Gasteiger partial charge in [-0.2, -0.15) is 0 Å². The van der Waals surface area contributed by atoms with Crippen molar-refractivity contribution in [1.82, 2.24) is 0 Å². The predicted molar refractivity (Wildman–Crippen MR) is 47.8 cm³/mol. The largest absolute Gasteiger partial charge is 0.466 e. The second-order valence-electron chi connectivity index (χ2n) is 3.63. The molecule has 1 fully saturated rings. The summed E-state index contributed by atoms with van der Waals surface area (Å²) in [5.41, 5.74) is 0. The van der Waals surface area contributed by atoms with Crippen molar-refractivity contribution in [2.45, 2.75) is 45.4 Å². The van der Waals surface area contributed by atoms with E-state index < -0.39 is 0 Å². The van der Waals surface area contributed by atoms with E-state index in [1.807, 2.05) is 0 Å². The van der Waals surface area contributed by atoms with E-state index in [-0.39, 0.29) is 5.97 Å². The molecule has 70 valence electrons. The Morgan fingerprint density at radius 2 is 2.08 bits per heavy atom. The van der Waals surface area contributed by atoms with E-state index in [0.29, 0.717) is 6.61 Å². The first kappa shape index (κ1) is 9.56. The van der Waals surface area contributed by atoms with Crippen LogP contribution < -0.4 is 0 Å². The monoisotopic (exact) mass is 170 g/mol. The summed E-state index contributed by atoms with van der Waals surface area (Å²) in [6.07, 6.45) is 7.87. The highest BCUT2D eigenvalue weighted by molar-refractivity contribution is 5.65. The lowest BCUT2D eigenvalue weighted by Gasteiger charge is -2.07. The van der Waals surface area contributed by atoms with Gasteiger partial charge in [-0.15, -0.1) is 0 Å². The highest BCUT2D eigenvalue weighted by Crippen LogP contribution is 2.28. The van der Waals surface area contributed by atoms with Gasteiger partial charge in [0.2, 0.25) is 0 Å². The number of carbonyl (C=O) groups is 1. The number of ether oxygens (including phenoxy) is 1. The van der Waals surface area contributed by atoms with E-state index in [0.717, 1.165) is 12.3 Å². The minimum absolute atomic E-state index is 0.151. The summed E-state index contributed by atoms with van der Waals surface area (Å²) in [7, 11) is 0. The van der Waals surface area contributed by atoms with Crippen LogP contribution in [0.15, 0.2) is 0 Å². The van der Waals surface area contributed by atoms with Crippen molar-refractivity contribution in [2.75, 3.05) is 6.61 Å². The third-order valence-corrected chi connectivity index (χ3v) is 2.54. The molecule has 0 bridgehead atoms. The van der Waals surface area contributed by atoms with Gasteiger partial charge in [-0.1, -0.05) is 25.7 Å². The molecule has 0 saturated heterocycles. The molecule has 0 aromatic rings. The molecule has 1 aliphatic rings. The summed E-state index contributed by atoms with van der Waals surface area (Å²) < 4.78 is 4.86. The lowest BCUT2D eigenvalue weighted by atomic mass is 10.0. The van der Waals surface area contributed by atoms with Crippen molar-refractivity contribution in [2.24, 2.45) is 5.92 Å². The van der Waals surface area contributed by atoms with Gasteiger partial charge in [0.25, 0.3) is 0 Å². The lowest BCUT2D eigenvalue weighted by Crippen LogP contribution is -2.02. The molecule has 2 heteroatoms. The van der Waals surface area contributed by atoms with Crippen molar-refractivity contribution < 1.29 is 9.53 Å². The molecule has 0 aromatic carbocycles. The van der Waals surface area contributed by atoms with Crippen molar-refractivity contribution in [3.8, 4) is 0 Å². The Bertz CT molecular complexity index is 137. The van der Waals surface area contributed by atoms with Crippen LogP contribution in [0.5, 0.6) is 0 Å². The van der Waals surface area contributed by atoms with Crippen molar-refractivity contribution in [3.63, 3.8) is 0 Å². The van der Waals surface area contributed by atoms with Gasteiger partial charge >= 0.3 is 5.97 Å². The minimum Gasteiger partial charge on any atom is -0.466 e. The fourth-order valence-corrected chi connectivity index (χ4v) is 1.89. The quantitative estimate of drug-likeness (QED) is 0.478. The number of carbonyl (C=O) groups excluding carboxylic acids is 1. The highest BCUT2D eigenvalue weighted by Gasteiger charge is 2.13. The molecule has 0 heterocycles. The van der Waals surface area contributed by atoms with Gasteiger partial charge in [0.15, 0.2) is 0 Å². The Balaban J connectivity index is 1.91. The van der Waals surface area contributed by atoms with Crippen LogP contribution in [-0.4, -0.2) is 12.6 Å². The van der Waals surface area contributed by atoms with E-state index in [9.17, 15) is 4.79 Å². The average molecular weight is 170 g/mol. The number of rotatable bonds is 4. The van der Waals surface area contributed by atoms with E-state index in [2.05, 4.69) is 0 Å². The van der Waals surface area contributed by atoms with E-state index in [1.54, 1.807) is 0 Å². The smallest absolute Gasteiger partial charge is 0.302 e. The molecule has 2 nitrogen and oxygen atoms in total. The van der Waals surface area contributed by atoms with Crippen LogP contribution in [0.25, 0.3) is 0 Å². The SMILES string of the molecule is CC(=O)OCCCC1CCCC1. The Morgan fingerprint density at radius 1 is 1.42 bits per heavy atom. The topological polar surface area (TPSA) is 26.3 Å². The minimum atomic E-state index is -0.151. The van der Waals surface area contributed by atoms with Crippen LogP contribution in [0, 0.1) is 5.92 Å². The van der Waals surface area contributed by atoms with Gasteiger partial charge < -0.3 is 4.74 Å². The second-order valence-corrected chi connectivity index (χ2v) is 3.63. The molecule has 0 amide bonds. The maximum Gasteiger partial charge on any atom is 0.302 e. The fourth-order valence-electron chi connectivity index (χ4n) is 1.89. The molecule has 0 unspecified atom stereocenters. The summed E-state index contributed by atoms with van der Waals surface area (Å²) in [5.74, 6) is 0.766. The first-order chi connectivity index (χ1) is 5.79. The van der Waals surface area contributed by atoms with E-state index >= 15 is 0 Å². The zero-order valence-electron chi connectivity index (χ0n) is 7.84. The fraction of sp³-hybridized carbons (Fsp3) is 0.900. The molecule has 0 aliphatic heterocycles. The van der Waals surface area contributed by atoms with Crippen LogP contribution in [-0.2, 0) is 9.53 Å². The van der Waals surface area contributed by atoms with Crippen molar-refractivity contribution in [3.05, 3.63) is 0 Å². The van der Waals surface area contributed by atoms with Gasteiger partial charge in [-0.05, 0) is 18.8 Å². The lowest BCUT2D eigenvalue weighted by molar-refractivity contribution is -0.141. The molecule has 0 spiro atoms. The van der Waals surface area contributed by atoms with Crippen LogP contribution in [0.3, 0.4) is 0 Å². The van der Waals surface area contributed by atoms with Gasteiger partial charge in [0.05, 0.1) is 6.61 Å². The van der Waals surface area contributed by atoms with Gasteiger partial charge in [0, 0.05) is 6.92 Å². The maximum atomic E-state index is 10.4. The Hall–Kier alpha value is -0.530. The third kappa shape index (κ3) is 3.74. The summed E-state index contributed by atoms with van der Waals surface area (Å²) in [6, 6.07) is 0. The third-order valence-electron chi connectivity index (χ3n) is 2.54. The van der Waals surface area contributed by atoms with Crippen LogP contribution in [0.1, 0.15) is 45.4 Å². The van der Waals surface area contributed by atoms with Gasteiger partial charge in [-0.25, -0.2) is 0 Å². The first-order valence-electron chi connectivity index (χ1n) is 4.92. The second kappa shape index (κ2) is 5.18. The van der Waals surface area contributed by atoms with Gasteiger partial charge in [0.1, 0.15) is 0 Å². The summed E-state index contributed by atoms with van der Waals surface area (Å²) >= 11 is 0. The zero-order chi connectivity index (χ0) is 8.81. The number of esters is 1. The van der Waals surface area contributed by atoms with Crippen LogP contribution in [0.2, 0.25) is 0 Å². The molecule has 0 N–H and O–H groups in total. The first-order valence-corrected chi connectivity index (χ1v) is 4.92. The molecule has 0 aromatic heterocycles. The zero-order valence-corrected chi connectivity index (χ0v) is 7.84. The predicted octanol–water partition coefficient (Wildman–Crippen LogP) is 2.52. The molecule has 1 saturated carbocycles. The van der Waals surface area contributed by atoms with E-state index in [1.165, 1.54) is 39.0 Å². The normalized spacial score (nSPS) is 18.1. The molecular formula is C10H18O2. The van der Waals surface area contributed by atoms with Crippen LogP contribution in [0.4, 0.5) is 0 Å². The van der Waals surface area contributed by atoms with Crippen molar-refractivity contribution in [1.29, 1.82) is 0 Å².